The van der Waals surface area contributed by atoms with E-state index in [2.05, 4.69) is 11.9 Å². The molecular formula is C13H23NO2. The van der Waals surface area contributed by atoms with Crippen LogP contribution in [0.3, 0.4) is 0 Å². The number of likely N-dealkylation sites (N-methyl/N-ethyl adjacent to an activating group) is 1. The Balaban J connectivity index is 1.82. The van der Waals surface area contributed by atoms with E-state index in [1.807, 2.05) is 6.92 Å². The van der Waals surface area contributed by atoms with Crippen LogP contribution >= 0.6 is 0 Å². The predicted octanol–water partition coefficient (Wildman–Crippen LogP) is 2.20. The fraction of sp³-hybridized carbons (Fsp3) is 0.923. The maximum atomic E-state index is 11.6. The van der Waals surface area contributed by atoms with Crippen molar-refractivity contribution in [3.8, 4) is 0 Å². The maximum absolute atomic E-state index is 11.6. The van der Waals surface area contributed by atoms with E-state index < -0.39 is 0 Å². The molecule has 0 unspecified atom stereocenters. The van der Waals surface area contributed by atoms with Crippen LogP contribution in [0.5, 0.6) is 0 Å². The Morgan fingerprint density at radius 1 is 1.31 bits per heavy atom. The molecule has 0 aromatic rings. The van der Waals surface area contributed by atoms with Crippen LogP contribution in [-0.4, -0.2) is 36.6 Å². The van der Waals surface area contributed by atoms with Crippen LogP contribution in [0.2, 0.25) is 0 Å². The second kappa shape index (κ2) is 5.17. The fourth-order valence-corrected chi connectivity index (χ4v) is 3.00. The zero-order valence-electron chi connectivity index (χ0n) is 10.4. The molecule has 1 aliphatic carbocycles. The van der Waals surface area contributed by atoms with E-state index in [1.54, 1.807) is 0 Å². The van der Waals surface area contributed by atoms with Gasteiger partial charge in [-0.05, 0) is 32.7 Å². The van der Waals surface area contributed by atoms with Crippen molar-refractivity contribution >= 4 is 5.97 Å². The largest absolute Gasteiger partial charge is 0.461 e. The first-order valence-electron chi connectivity index (χ1n) is 6.57. The molecule has 16 heavy (non-hydrogen) atoms. The van der Waals surface area contributed by atoms with E-state index in [0.717, 1.165) is 18.9 Å². The number of rotatable bonds is 3. The molecular weight excluding hydrogens is 202 g/mol. The van der Waals surface area contributed by atoms with Crippen LogP contribution in [0.1, 0.15) is 45.4 Å². The van der Waals surface area contributed by atoms with Crippen molar-refractivity contribution in [2.75, 3.05) is 13.6 Å². The number of esters is 1. The normalized spacial score (nSPS) is 32.1. The van der Waals surface area contributed by atoms with Gasteiger partial charge in [-0.2, -0.15) is 0 Å². The number of cyclic esters (lactones) is 1. The summed E-state index contributed by atoms with van der Waals surface area (Å²) in [6, 6.07) is 0.0110. The van der Waals surface area contributed by atoms with Gasteiger partial charge in [0, 0.05) is 13.0 Å². The van der Waals surface area contributed by atoms with Gasteiger partial charge in [-0.3, -0.25) is 9.69 Å². The average Bonchev–Trinajstić information content (AvgIpc) is 2.59. The Labute approximate surface area is 98.1 Å². The molecule has 0 amide bonds. The Morgan fingerprint density at radius 3 is 2.56 bits per heavy atom. The van der Waals surface area contributed by atoms with Crippen molar-refractivity contribution in [1.29, 1.82) is 0 Å². The van der Waals surface area contributed by atoms with Crippen molar-refractivity contribution in [2.24, 2.45) is 5.92 Å². The van der Waals surface area contributed by atoms with E-state index in [4.69, 9.17) is 4.74 Å². The summed E-state index contributed by atoms with van der Waals surface area (Å²) in [5, 5.41) is 0. The molecule has 1 saturated carbocycles. The van der Waals surface area contributed by atoms with Gasteiger partial charge in [0.2, 0.25) is 0 Å². The molecule has 2 fully saturated rings. The zero-order valence-corrected chi connectivity index (χ0v) is 10.4. The van der Waals surface area contributed by atoms with Gasteiger partial charge in [-0.15, -0.1) is 0 Å². The Bertz CT molecular complexity index is 248. The summed E-state index contributed by atoms with van der Waals surface area (Å²) in [5.74, 6) is 0.772. The van der Waals surface area contributed by atoms with Crippen molar-refractivity contribution in [3.63, 3.8) is 0 Å². The molecule has 3 heteroatoms. The third kappa shape index (κ3) is 2.76. The Morgan fingerprint density at radius 2 is 2.00 bits per heavy atom. The SMILES string of the molecule is C[C@@H]1C[C@H](N(C)CC2CCCCC2)C(=O)O1. The molecule has 0 radical (unpaired) electrons. The molecule has 3 nitrogen and oxygen atoms in total. The minimum absolute atomic E-state index is 0.0110. The molecule has 1 aliphatic heterocycles. The van der Waals surface area contributed by atoms with E-state index in [0.29, 0.717) is 0 Å². The van der Waals surface area contributed by atoms with Gasteiger partial charge in [0.05, 0.1) is 0 Å². The van der Waals surface area contributed by atoms with Crippen LogP contribution in [-0.2, 0) is 9.53 Å². The minimum Gasteiger partial charge on any atom is -0.461 e. The third-order valence-electron chi connectivity index (χ3n) is 3.95. The standard InChI is InChI=1S/C13H23NO2/c1-10-8-12(13(15)16-10)14(2)9-11-6-4-3-5-7-11/h10-12H,3-9H2,1-2H3/t10-,12+/m1/s1. The van der Waals surface area contributed by atoms with Gasteiger partial charge >= 0.3 is 5.97 Å². The second-order valence-electron chi connectivity index (χ2n) is 5.44. The molecule has 2 rings (SSSR count). The summed E-state index contributed by atoms with van der Waals surface area (Å²) in [7, 11) is 2.07. The highest BCUT2D eigenvalue weighted by atomic mass is 16.6. The minimum atomic E-state index is -0.0224. The highest BCUT2D eigenvalue weighted by Crippen LogP contribution is 2.26. The first-order chi connectivity index (χ1) is 7.66. The van der Waals surface area contributed by atoms with E-state index in [9.17, 15) is 4.79 Å². The summed E-state index contributed by atoms with van der Waals surface area (Å²) in [5.41, 5.74) is 0. The summed E-state index contributed by atoms with van der Waals surface area (Å²) in [4.78, 5) is 13.8. The molecule has 0 bridgehead atoms. The van der Waals surface area contributed by atoms with Gasteiger partial charge in [0.1, 0.15) is 12.1 Å². The number of ether oxygens (including phenoxy) is 1. The van der Waals surface area contributed by atoms with Crippen molar-refractivity contribution < 1.29 is 9.53 Å². The number of carbonyl (C=O) groups excluding carboxylic acids is 1. The molecule has 0 N–H and O–H groups in total. The van der Waals surface area contributed by atoms with Gasteiger partial charge < -0.3 is 4.74 Å². The van der Waals surface area contributed by atoms with Gasteiger partial charge in [0.25, 0.3) is 0 Å². The van der Waals surface area contributed by atoms with E-state index >= 15 is 0 Å². The monoisotopic (exact) mass is 225 g/mol. The van der Waals surface area contributed by atoms with E-state index in [-0.39, 0.29) is 18.1 Å². The molecule has 0 aromatic heterocycles. The van der Waals surface area contributed by atoms with Gasteiger partial charge in [-0.25, -0.2) is 0 Å². The zero-order chi connectivity index (χ0) is 11.5. The predicted molar refractivity (Wildman–Crippen MR) is 63.2 cm³/mol. The molecule has 92 valence electrons. The van der Waals surface area contributed by atoms with Gasteiger partial charge in [-0.1, -0.05) is 19.3 Å². The smallest absolute Gasteiger partial charge is 0.323 e. The highest BCUT2D eigenvalue weighted by Gasteiger charge is 2.35. The van der Waals surface area contributed by atoms with E-state index in [1.165, 1.54) is 32.1 Å². The lowest BCUT2D eigenvalue weighted by Gasteiger charge is -2.29. The highest BCUT2D eigenvalue weighted by molar-refractivity contribution is 5.77. The summed E-state index contributed by atoms with van der Waals surface area (Å²) >= 11 is 0. The summed E-state index contributed by atoms with van der Waals surface area (Å²) < 4.78 is 5.20. The van der Waals surface area contributed by atoms with Crippen LogP contribution in [0.25, 0.3) is 0 Å². The number of hydrogen-bond donors (Lipinski definition) is 0. The number of carbonyl (C=O) groups is 1. The molecule has 0 aromatic carbocycles. The van der Waals surface area contributed by atoms with Crippen LogP contribution in [0.15, 0.2) is 0 Å². The maximum Gasteiger partial charge on any atom is 0.323 e. The second-order valence-corrected chi connectivity index (χ2v) is 5.44. The van der Waals surface area contributed by atoms with Crippen molar-refractivity contribution in [3.05, 3.63) is 0 Å². The van der Waals surface area contributed by atoms with Crippen LogP contribution in [0, 0.1) is 5.92 Å². The third-order valence-corrected chi connectivity index (χ3v) is 3.95. The molecule has 1 heterocycles. The molecule has 2 aliphatic rings. The number of nitrogens with zero attached hydrogens (tertiary/aromatic N) is 1. The van der Waals surface area contributed by atoms with Crippen molar-refractivity contribution in [1.82, 2.24) is 4.90 Å². The first-order valence-corrected chi connectivity index (χ1v) is 6.57. The lowest BCUT2D eigenvalue weighted by atomic mass is 9.88. The summed E-state index contributed by atoms with van der Waals surface area (Å²) in [6.45, 7) is 3.04. The fourth-order valence-electron chi connectivity index (χ4n) is 3.00. The lowest BCUT2D eigenvalue weighted by Crippen LogP contribution is -2.39. The Kier molecular flexibility index (Phi) is 3.85. The quantitative estimate of drug-likeness (QED) is 0.690. The molecule has 1 saturated heterocycles. The van der Waals surface area contributed by atoms with Crippen LogP contribution in [0.4, 0.5) is 0 Å². The first kappa shape index (κ1) is 11.9. The van der Waals surface area contributed by atoms with Crippen molar-refractivity contribution in [2.45, 2.75) is 57.6 Å². The van der Waals surface area contributed by atoms with Crippen LogP contribution < -0.4 is 0 Å². The molecule has 0 spiro atoms. The lowest BCUT2D eigenvalue weighted by molar-refractivity contribution is -0.144. The Hall–Kier alpha value is -0.570. The topological polar surface area (TPSA) is 29.5 Å². The summed E-state index contributed by atoms with van der Waals surface area (Å²) in [6.07, 6.45) is 7.76. The average molecular weight is 225 g/mol. The molecule has 2 atom stereocenters. The van der Waals surface area contributed by atoms with Gasteiger partial charge in [0.15, 0.2) is 0 Å². The number of hydrogen-bond acceptors (Lipinski definition) is 3.